The van der Waals surface area contributed by atoms with E-state index >= 15 is 0 Å². The van der Waals surface area contributed by atoms with Gasteiger partial charge in [0.1, 0.15) is 18.4 Å². The lowest BCUT2D eigenvalue weighted by Crippen LogP contribution is -2.52. The number of anilines is 1. The number of sulfonamides is 1. The summed E-state index contributed by atoms with van der Waals surface area (Å²) in [6.07, 6.45) is 0.247. The minimum absolute atomic E-state index is 0.0193. The molecule has 3 aromatic carbocycles. The first-order chi connectivity index (χ1) is 18.5. The highest BCUT2D eigenvalue weighted by molar-refractivity contribution is 7.92. The number of carbonyl (C=O) groups is 2. The summed E-state index contributed by atoms with van der Waals surface area (Å²) in [6.45, 7) is 3.04. The van der Waals surface area contributed by atoms with Crippen molar-refractivity contribution in [2.24, 2.45) is 0 Å². The van der Waals surface area contributed by atoms with E-state index in [1.807, 2.05) is 0 Å². The molecule has 0 bridgehead atoms. The number of benzene rings is 3. The second kappa shape index (κ2) is 13.5. The number of amides is 2. The third-order valence-corrected chi connectivity index (χ3v) is 8.56. The van der Waals surface area contributed by atoms with E-state index in [1.54, 1.807) is 44.2 Å². The molecule has 0 saturated heterocycles. The SMILES string of the molecule is CCNC(=O)[C@@H](CC)N(Cc1ccc(Cl)cc1Cl)C(=O)CN(c1ccc(F)c(Cl)c1)S(=O)(=O)c1ccccc1. The standard InChI is InChI=1S/C27H27Cl3FN3O4S/c1-3-25(27(36)32-4-2)33(16-18-10-11-19(28)14-22(18)29)26(35)17-34(20-12-13-24(31)23(30)15-20)39(37,38)21-8-6-5-7-9-21/h5-15,25H,3-4,16-17H2,1-2H3,(H,32,36)/t25-/m1/s1. The largest absolute Gasteiger partial charge is 0.355 e. The molecule has 0 spiro atoms. The summed E-state index contributed by atoms with van der Waals surface area (Å²) in [5.74, 6) is -1.83. The summed E-state index contributed by atoms with van der Waals surface area (Å²) in [5, 5.41) is 3.08. The molecular formula is C27H27Cl3FN3O4S. The van der Waals surface area contributed by atoms with Crippen LogP contribution < -0.4 is 9.62 Å². The van der Waals surface area contributed by atoms with Crippen LogP contribution in [0.3, 0.4) is 0 Å². The zero-order valence-electron chi connectivity index (χ0n) is 21.2. The van der Waals surface area contributed by atoms with Crippen molar-refractivity contribution < 1.29 is 22.4 Å². The molecule has 1 N–H and O–H groups in total. The molecular weight excluding hydrogens is 588 g/mol. The van der Waals surface area contributed by atoms with Crippen molar-refractivity contribution in [3.05, 3.63) is 93.2 Å². The smallest absolute Gasteiger partial charge is 0.264 e. The monoisotopic (exact) mass is 613 g/mol. The van der Waals surface area contributed by atoms with Gasteiger partial charge in [-0.2, -0.15) is 0 Å². The Morgan fingerprint density at radius 2 is 1.64 bits per heavy atom. The van der Waals surface area contributed by atoms with Gasteiger partial charge in [-0.3, -0.25) is 13.9 Å². The summed E-state index contributed by atoms with van der Waals surface area (Å²) in [7, 11) is -4.30. The predicted octanol–water partition coefficient (Wildman–Crippen LogP) is 5.92. The van der Waals surface area contributed by atoms with Crippen LogP contribution in [0.2, 0.25) is 15.1 Å². The first kappa shape index (κ1) is 30.7. The molecule has 12 heteroatoms. The number of likely N-dealkylation sites (N-methyl/N-ethyl adjacent to an activating group) is 1. The van der Waals surface area contributed by atoms with Gasteiger partial charge in [-0.25, -0.2) is 12.8 Å². The van der Waals surface area contributed by atoms with Crippen molar-refractivity contribution in [3.8, 4) is 0 Å². The Bertz CT molecular complexity index is 1440. The van der Waals surface area contributed by atoms with Gasteiger partial charge in [0, 0.05) is 23.1 Å². The summed E-state index contributed by atoms with van der Waals surface area (Å²) >= 11 is 18.4. The van der Waals surface area contributed by atoms with Gasteiger partial charge in [0.25, 0.3) is 10.0 Å². The van der Waals surface area contributed by atoms with Crippen molar-refractivity contribution in [1.29, 1.82) is 0 Å². The zero-order chi connectivity index (χ0) is 28.7. The van der Waals surface area contributed by atoms with E-state index in [4.69, 9.17) is 34.8 Å². The van der Waals surface area contributed by atoms with Crippen LogP contribution in [0.5, 0.6) is 0 Å². The van der Waals surface area contributed by atoms with Gasteiger partial charge in [-0.05, 0) is 61.4 Å². The van der Waals surface area contributed by atoms with Gasteiger partial charge in [0.15, 0.2) is 0 Å². The van der Waals surface area contributed by atoms with Crippen LogP contribution >= 0.6 is 34.8 Å². The Morgan fingerprint density at radius 3 is 2.23 bits per heavy atom. The van der Waals surface area contributed by atoms with Crippen LogP contribution in [0, 0.1) is 5.82 Å². The maximum Gasteiger partial charge on any atom is 0.264 e. The molecule has 7 nitrogen and oxygen atoms in total. The summed E-state index contributed by atoms with van der Waals surface area (Å²) < 4.78 is 42.2. The number of nitrogens with zero attached hydrogens (tertiary/aromatic N) is 2. The minimum Gasteiger partial charge on any atom is -0.355 e. The van der Waals surface area contributed by atoms with Gasteiger partial charge >= 0.3 is 0 Å². The van der Waals surface area contributed by atoms with E-state index < -0.39 is 40.2 Å². The van der Waals surface area contributed by atoms with Crippen molar-refractivity contribution in [2.45, 2.75) is 37.8 Å². The fourth-order valence-electron chi connectivity index (χ4n) is 3.93. The van der Waals surface area contributed by atoms with E-state index in [-0.39, 0.29) is 33.6 Å². The molecule has 0 aliphatic heterocycles. The Morgan fingerprint density at radius 1 is 0.949 bits per heavy atom. The molecule has 3 aromatic rings. The second-order valence-corrected chi connectivity index (χ2v) is 11.6. The lowest BCUT2D eigenvalue weighted by Gasteiger charge is -2.33. The highest BCUT2D eigenvalue weighted by Crippen LogP contribution is 2.29. The molecule has 0 aromatic heterocycles. The summed E-state index contributed by atoms with van der Waals surface area (Å²) in [5.41, 5.74) is 0.494. The third kappa shape index (κ3) is 7.42. The van der Waals surface area contributed by atoms with Crippen LogP contribution in [0.25, 0.3) is 0 Å². The van der Waals surface area contributed by atoms with E-state index in [0.29, 0.717) is 17.1 Å². The second-order valence-electron chi connectivity index (χ2n) is 8.50. The molecule has 1 atom stereocenters. The van der Waals surface area contributed by atoms with Gasteiger partial charge in [-0.15, -0.1) is 0 Å². The molecule has 0 fully saturated rings. The van der Waals surface area contributed by atoms with Gasteiger partial charge < -0.3 is 10.2 Å². The molecule has 39 heavy (non-hydrogen) atoms. The molecule has 0 aliphatic carbocycles. The first-order valence-corrected chi connectivity index (χ1v) is 14.6. The van der Waals surface area contributed by atoms with Crippen molar-refractivity contribution in [2.75, 3.05) is 17.4 Å². The van der Waals surface area contributed by atoms with Crippen LogP contribution in [0.15, 0.2) is 71.6 Å². The lowest BCUT2D eigenvalue weighted by molar-refractivity contribution is -0.140. The van der Waals surface area contributed by atoms with Crippen molar-refractivity contribution in [3.63, 3.8) is 0 Å². The molecule has 0 radical (unpaired) electrons. The lowest BCUT2D eigenvalue weighted by atomic mass is 10.1. The molecule has 0 unspecified atom stereocenters. The third-order valence-electron chi connectivity index (χ3n) is 5.89. The van der Waals surface area contributed by atoms with Crippen LogP contribution in [0.1, 0.15) is 25.8 Å². The summed E-state index contributed by atoms with van der Waals surface area (Å²) in [4.78, 5) is 28.1. The number of hydrogen-bond donors (Lipinski definition) is 1. The van der Waals surface area contributed by atoms with E-state index in [2.05, 4.69) is 5.32 Å². The Kier molecular flexibility index (Phi) is 10.6. The van der Waals surface area contributed by atoms with Gasteiger partial charge in [-0.1, -0.05) is 66.0 Å². The van der Waals surface area contributed by atoms with Gasteiger partial charge in [0.2, 0.25) is 11.8 Å². The Labute approximate surface area is 242 Å². The predicted molar refractivity (Wildman–Crippen MR) is 152 cm³/mol. The van der Waals surface area contributed by atoms with Crippen molar-refractivity contribution in [1.82, 2.24) is 10.2 Å². The van der Waals surface area contributed by atoms with Crippen molar-refractivity contribution >= 4 is 62.3 Å². The zero-order valence-corrected chi connectivity index (χ0v) is 24.3. The Hall–Kier alpha value is -2.85. The van der Waals surface area contributed by atoms with E-state index in [9.17, 15) is 22.4 Å². The number of halogens is 4. The topological polar surface area (TPSA) is 86.8 Å². The van der Waals surface area contributed by atoms with E-state index in [1.165, 1.54) is 29.2 Å². The normalized spacial score (nSPS) is 12.1. The molecule has 2 amide bonds. The maximum atomic E-state index is 14.0. The quantitative estimate of drug-likeness (QED) is 0.290. The summed E-state index contributed by atoms with van der Waals surface area (Å²) in [6, 6.07) is 14.7. The molecule has 0 heterocycles. The average Bonchev–Trinajstić information content (AvgIpc) is 2.90. The fourth-order valence-corrected chi connectivity index (χ4v) is 6.00. The number of nitrogens with one attached hydrogen (secondary N) is 1. The number of carbonyl (C=O) groups excluding carboxylic acids is 2. The van der Waals surface area contributed by atoms with Crippen LogP contribution in [-0.2, 0) is 26.2 Å². The fraction of sp³-hybridized carbons (Fsp3) is 0.259. The van der Waals surface area contributed by atoms with Crippen LogP contribution in [0.4, 0.5) is 10.1 Å². The molecule has 0 saturated carbocycles. The van der Waals surface area contributed by atoms with Crippen LogP contribution in [-0.4, -0.2) is 44.3 Å². The molecule has 3 rings (SSSR count). The molecule has 0 aliphatic rings. The van der Waals surface area contributed by atoms with Gasteiger partial charge in [0.05, 0.1) is 15.6 Å². The first-order valence-electron chi connectivity index (χ1n) is 12.0. The van der Waals surface area contributed by atoms with E-state index in [0.717, 1.165) is 16.4 Å². The number of hydrogen-bond acceptors (Lipinski definition) is 4. The average molecular weight is 615 g/mol. The highest BCUT2D eigenvalue weighted by atomic mass is 35.5. The Balaban J connectivity index is 2.09. The highest BCUT2D eigenvalue weighted by Gasteiger charge is 2.34. The molecule has 208 valence electrons. The maximum absolute atomic E-state index is 14.0. The number of rotatable bonds is 11. The minimum atomic E-state index is -4.30.